The molecule has 0 heterocycles. The summed E-state index contributed by atoms with van der Waals surface area (Å²) in [6.07, 6.45) is 5.66. The van der Waals surface area contributed by atoms with Crippen molar-refractivity contribution in [1.82, 2.24) is 0 Å². The monoisotopic (exact) mass is 691 g/mol. The highest BCUT2D eigenvalue weighted by Gasteiger charge is 2.18. The van der Waals surface area contributed by atoms with Crippen LogP contribution < -0.4 is 14.7 Å². The Labute approximate surface area is 317 Å². The number of aryl methyl sites for hydroxylation is 2. The number of benzene rings is 6. The van der Waals surface area contributed by atoms with Gasteiger partial charge in [-0.3, -0.25) is 0 Å². The number of allylic oxidation sites excluding steroid dienone is 5. The van der Waals surface area contributed by atoms with Gasteiger partial charge in [0.2, 0.25) is 0 Å². The fourth-order valence-electron chi connectivity index (χ4n) is 5.93. The number of hydrogen-bond acceptors (Lipinski definition) is 3. The van der Waals surface area contributed by atoms with Gasteiger partial charge in [-0.15, -0.1) is 0 Å². The van der Waals surface area contributed by atoms with E-state index in [1.165, 1.54) is 11.1 Å². The Morgan fingerprint density at radius 1 is 0.415 bits per heavy atom. The van der Waals surface area contributed by atoms with Crippen LogP contribution in [0.3, 0.4) is 0 Å². The first-order valence-corrected chi connectivity index (χ1v) is 17.8. The van der Waals surface area contributed by atoms with Crippen molar-refractivity contribution in [2.45, 2.75) is 27.7 Å². The van der Waals surface area contributed by atoms with E-state index in [1.54, 1.807) is 6.08 Å². The molecule has 0 spiro atoms. The number of anilines is 8. The first-order valence-electron chi connectivity index (χ1n) is 17.8. The Balaban J connectivity index is 0.00000101. The molecule has 0 N–H and O–H groups in total. The topological polar surface area (TPSA) is 9.72 Å². The summed E-state index contributed by atoms with van der Waals surface area (Å²) >= 11 is 0. The van der Waals surface area contributed by atoms with E-state index in [4.69, 9.17) is 0 Å². The van der Waals surface area contributed by atoms with Crippen LogP contribution in [0.5, 0.6) is 0 Å². The third-order valence-electron chi connectivity index (χ3n) is 8.52. The Morgan fingerprint density at radius 2 is 0.792 bits per heavy atom. The zero-order valence-electron chi connectivity index (χ0n) is 31.4. The molecule has 0 saturated carbocycles. The minimum atomic E-state index is 0.962. The van der Waals surface area contributed by atoms with E-state index in [1.807, 2.05) is 26.0 Å². The highest BCUT2D eigenvalue weighted by atomic mass is 15.2. The molecular weight excluding hydrogens is 643 g/mol. The maximum atomic E-state index is 4.12. The molecule has 0 atom stereocenters. The first kappa shape index (κ1) is 37.7. The lowest BCUT2D eigenvalue weighted by molar-refractivity contribution is 1.20. The summed E-state index contributed by atoms with van der Waals surface area (Å²) in [7, 11) is 0. The molecule has 6 aromatic rings. The van der Waals surface area contributed by atoms with Crippen LogP contribution in [-0.4, -0.2) is 0 Å². The molecule has 0 aliphatic heterocycles. The van der Waals surface area contributed by atoms with Gasteiger partial charge in [-0.1, -0.05) is 110 Å². The van der Waals surface area contributed by atoms with E-state index in [9.17, 15) is 0 Å². The van der Waals surface area contributed by atoms with E-state index in [-0.39, 0.29) is 0 Å². The molecular formula is C50H49N3. The standard InChI is InChI=1S/C45H41N3.C5H8/c1-6-37(32-34(2)3)46(38-15-9-7-10-16-38)41-24-26-42(27-25-41)47(40-22-20-35(4)21-23-40)43-28-30-44(31-29-43)48(39-17-11-8-12-18-39)45-19-13-14-36(5)33-45;1-4-5(2)3/h6-33H,1-2H2,3-5H3;4H,1-2H2,3H3/b37-32+;. The van der Waals surface area contributed by atoms with Crippen LogP contribution in [-0.2, 0) is 0 Å². The third kappa shape index (κ3) is 9.81. The Hall–Kier alpha value is -6.58. The second kappa shape index (κ2) is 18.1. The van der Waals surface area contributed by atoms with Gasteiger partial charge in [0.15, 0.2) is 0 Å². The van der Waals surface area contributed by atoms with E-state index in [0.29, 0.717) is 0 Å². The maximum absolute atomic E-state index is 4.12. The van der Waals surface area contributed by atoms with Gasteiger partial charge in [0, 0.05) is 51.2 Å². The van der Waals surface area contributed by atoms with Crippen molar-refractivity contribution in [3.63, 3.8) is 0 Å². The molecule has 0 unspecified atom stereocenters. The number of para-hydroxylation sites is 2. The summed E-state index contributed by atoms with van der Waals surface area (Å²) in [6.45, 7) is 23.4. The van der Waals surface area contributed by atoms with Crippen molar-refractivity contribution in [1.29, 1.82) is 0 Å². The number of hydrogen-bond donors (Lipinski definition) is 0. The molecule has 0 saturated heterocycles. The molecule has 264 valence electrons. The predicted octanol–water partition coefficient (Wildman–Crippen LogP) is 14.8. The van der Waals surface area contributed by atoms with E-state index in [2.05, 4.69) is 213 Å². The van der Waals surface area contributed by atoms with Gasteiger partial charge in [0.05, 0.1) is 0 Å². The van der Waals surface area contributed by atoms with Crippen molar-refractivity contribution >= 4 is 45.5 Å². The zero-order chi connectivity index (χ0) is 37.7. The summed E-state index contributed by atoms with van der Waals surface area (Å²) in [4.78, 5) is 6.81. The van der Waals surface area contributed by atoms with Gasteiger partial charge < -0.3 is 14.7 Å². The van der Waals surface area contributed by atoms with Gasteiger partial charge >= 0.3 is 0 Å². The zero-order valence-corrected chi connectivity index (χ0v) is 31.4. The average Bonchev–Trinajstić information content (AvgIpc) is 3.17. The van der Waals surface area contributed by atoms with Crippen LogP contribution >= 0.6 is 0 Å². The van der Waals surface area contributed by atoms with Gasteiger partial charge in [0.1, 0.15) is 0 Å². The van der Waals surface area contributed by atoms with Crippen LogP contribution in [0.15, 0.2) is 219 Å². The van der Waals surface area contributed by atoms with Crippen molar-refractivity contribution in [2.75, 3.05) is 14.7 Å². The summed E-state index contributed by atoms with van der Waals surface area (Å²) in [5.74, 6) is 0. The van der Waals surface area contributed by atoms with E-state index >= 15 is 0 Å². The number of nitrogens with zero attached hydrogens (tertiary/aromatic N) is 3. The summed E-state index contributed by atoms with van der Waals surface area (Å²) in [5.41, 5.74) is 14.0. The number of rotatable bonds is 12. The molecule has 6 rings (SSSR count). The van der Waals surface area contributed by atoms with Crippen molar-refractivity contribution < 1.29 is 0 Å². The second-order valence-corrected chi connectivity index (χ2v) is 13.1. The van der Waals surface area contributed by atoms with Gasteiger partial charge in [-0.2, -0.15) is 0 Å². The van der Waals surface area contributed by atoms with Crippen LogP contribution in [0.25, 0.3) is 0 Å². The predicted molar refractivity (Wildman–Crippen MR) is 232 cm³/mol. The molecule has 0 amide bonds. The Morgan fingerprint density at radius 3 is 1.23 bits per heavy atom. The smallest absolute Gasteiger partial charge is 0.0464 e. The third-order valence-corrected chi connectivity index (χ3v) is 8.52. The van der Waals surface area contributed by atoms with Gasteiger partial charge in [-0.05, 0) is 142 Å². The van der Waals surface area contributed by atoms with Crippen molar-refractivity contribution in [3.8, 4) is 0 Å². The summed E-state index contributed by atoms with van der Waals surface area (Å²) in [5, 5.41) is 0. The van der Waals surface area contributed by atoms with Crippen molar-refractivity contribution in [3.05, 3.63) is 230 Å². The van der Waals surface area contributed by atoms with Crippen LogP contribution in [0.2, 0.25) is 0 Å². The van der Waals surface area contributed by atoms with Gasteiger partial charge in [0.25, 0.3) is 0 Å². The lowest BCUT2D eigenvalue weighted by atomic mass is 10.1. The minimum Gasteiger partial charge on any atom is -0.311 e. The maximum Gasteiger partial charge on any atom is 0.0464 e. The molecule has 0 aliphatic carbocycles. The second-order valence-electron chi connectivity index (χ2n) is 13.1. The van der Waals surface area contributed by atoms with E-state index in [0.717, 1.165) is 62.3 Å². The summed E-state index contributed by atoms with van der Waals surface area (Å²) in [6, 6.07) is 55.7. The average molecular weight is 692 g/mol. The molecule has 6 aromatic carbocycles. The van der Waals surface area contributed by atoms with Crippen LogP contribution in [0, 0.1) is 13.8 Å². The summed E-state index contributed by atoms with van der Waals surface area (Å²) < 4.78 is 0. The highest BCUT2D eigenvalue weighted by Crippen LogP contribution is 2.40. The Bertz CT molecular complexity index is 2160. The fourth-order valence-corrected chi connectivity index (χ4v) is 5.93. The van der Waals surface area contributed by atoms with Gasteiger partial charge in [-0.25, -0.2) is 0 Å². The van der Waals surface area contributed by atoms with Crippen LogP contribution in [0.4, 0.5) is 45.5 Å². The van der Waals surface area contributed by atoms with Crippen LogP contribution in [0.1, 0.15) is 25.0 Å². The van der Waals surface area contributed by atoms with Crippen molar-refractivity contribution in [2.24, 2.45) is 0 Å². The largest absolute Gasteiger partial charge is 0.311 e. The molecule has 3 nitrogen and oxygen atoms in total. The molecule has 0 bridgehead atoms. The molecule has 0 aliphatic rings. The molecule has 0 aromatic heterocycles. The SMILES string of the molecule is C=C/C(=C\C(=C)C)N(c1ccccc1)c1ccc(N(c2ccc(C)cc2)c2ccc(N(c3ccccc3)c3cccc(C)c3)cc2)cc1.C=CC(=C)C. The molecule has 0 radical (unpaired) electrons. The lowest BCUT2D eigenvalue weighted by Gasteiger charge is -2.30. The Kier molecular flexibility index (Phi) is 12.8. The molecule has 0 fully saturated rings. The normalized spacial score (nSPS) is 10.7. The quantitative estimate of drug-likeness (QED) is 0.118. The first-order chi connectivity index (χ1) is 25.7. The molecule has 53 heavy (non-hydrogen) atoms. The molecule has 3 heteroatoms. The minimum absolute atomic E-state index is 0.962. The fraction of sp³-hybridized carbons (Fsp3) is 0.0800. The highest BCUT2D eigenvalue weighted by molar-refractivity contribution is 5.82. The van der Waals surface area contributed by atoms with E-state index < -0.39 is 0 Å². The lowest BCUT2D eigenvalue weighted by Crippen LogP contribution is -2.16.